The number of nitrogens with zero attached hydrogens (tertiary/aromatic N) is 2. The summed E-state index contributed by atoms with van der Waals surface area (Å²) in [5.74, 6) is 0.540. The smallest absolute Gasteiger partial charge is 0.152 e. The molecule has 1 saturated heterocycles. The number of nitrogens with one attached hydrogen (secondary N) is 1. The Bertz CT molecular complexity index is 579. The van der Waals surface area contributed by atoms with E-state index in [1.165, 1.54) is 0 Å². The van der Waals surface area contributed by atoms with E-state index >= 15 is 0 Å². The zero-order valence-corrected chi connectivity index (χ0v) is 13.9. The van der Waals surface area contributed by atoms with Gasteiger partial charge in [-0.2, -0.15) is 0 Å². The minimum atomic E-state index is -2.87. The molecule has 0 atom stereocenters. The van der Waals surface area contributed by atoms with Crippen molar-refractivity contribution >= 4 is 15.5 Å². The number of rotatable bonds is 3. The van der Waals surface area contributed by atoms with Gasteiger partial charge in [-0.3, -0.25) is 4.98 Å². The molecule has 0 aromatic carbocycles. The van der Waals surface area contributed by atoms with Crippen molar-refractivity contribution in [3.8, 4) is 0 Å². The first-order chi connectivity index (χ1) is 9.75. The second-order valence-electron chi connectivity index (χ2n) is 6.60. The highest BCUT2D eigenvalue weighted by atomic mass is 32.2. The Morgan fingerprint density at radius 3 is 2.76 bits per heavy atom. The average Bonchev–Trinajstić information content (AvgIpc) is 2.57. The Morgan fingerprint density at radius 2 is 2.05 bits per heavy atom. The van der Waals surface area contributed by atoms with Crippen molar-refractivity contribution in [2.24, 2.45) is 0 Å². The van der Waals surface area contributed by atoms with Crippen LogP contribution in [0.2, 0.25) is 0 Å². The van der Waals surface area contributed by atoms with Crippen LogP contribution in [-0.2, 0) is 16.4 Å². The molecule has 6 heteroatoms. The average molecular weight is 311 g/mol. The number of aromatic nitrogens is 1. The predicted octanol–water partition coefficient (Wildman–Crippen LogP) is 1.59. The molecule has 0 unspecified atom stereocenters. The minimum Gasteiger partial charge on any atom is -0.370 e. The van der Waals surface area contributed by atoms with Crippen LogP contribution in [-0.4, -0.2) is 43.5 Å². The second-order valence-corrected chi connectivity index (χ2v) is 8.90. The summed E-state index contributed by atoms with van der Waals surface area (Å²) in [6.07, 6.45) is 2.49. The second kappa shape index (κ2) is 6.32. The first-order valence-corrected chi connectivity index (χ1v) is 9.23. The first kappa shape index (κ1) is 16.2. The lowest BCUT2D eigenvalue weighted by Gasteiger charge is -2.23. The van der Waals surface area contributed by atoms with Crippen LogP contribution in [0.4, 0.5) is 5.69 Å². The molecule has 0 spiro atoms. The molecule has 1 aliphatic rings. The van der Waals surface area contributed by atoms with Gasteiger partial charge in [-0.25, -0.2) is 8.42 Å². The summed E-state index contributed by atoms with van der Waals surface area (Å²) >= 11 is 0. The van der Waals surface area contributed by atoms with Gasteiger partial charge < -0.3 is 10.2 Å². The van der Waals surface area contributed by atoms with Gasteiger partial charge in [0.15, 0.2) is 9.84 Å². The Kier molecular flexibility index (Phi) is 4.88. The van der Waals surface area contributed by atoms with Gasteiger partial charge in [0, 0.05) is 37.1 Å². The standard InChI is InChI=1S/C15H25N3O2S/c1-15(2,3)17-12-13-11-14(5-6-16-13)18-7-4-9-21(19,20)10-8-18/h5-6,11,17H,4,7-10,12H2,1-3H3. The van der Waals surface area contributed by atoms with Crippen LogP contribution >= 0.6 is 0 Å². The summed E-state index contributed by atoms with van der Waals surface area (Å²) in [7, 11) is -2.87. The number of pyridine rings is 1. The zero-order chi connectivity index (χ0) is 15.5. The lowest BCUT2D eigenvalue weighted by molar-refractivity contribution is 0.421. The third-order valence-electron chi connectivity index (χ3n) is 3.52. The maximum Gasteiger partial charge on any atom is 0.152 e. The predicted molar refractivity (Wildman–Crippen MR) is 86.3 cm³/mol. The minimum absolute atomic E-state index is 0.0500. The Hall–Kier alpha value is -1.14. The molecule has 1 aromatic rings. The summed E-state index contributed by atoms with van der Waals surface area (Å²) < 4.78 is 23.4. The van der Waals surface area contributed by atoms with Gasteiger partial charge >= 0.3 is 0 Å². The van der Waals surface area contributed by atoms with E-state index in [1.807, 2.05) is 6.07 Å². The molecular weight excluding hydrogens is 286 g/mol. The van der Waals surface area contributed by atoms with Crippen LogP contribution in [0.15, 0.2) is 18.3 Å². The molecule has 0 saturated carbocycles. The van der Waals surface area contributed by atoms with E-state index in [0.717, 1.165) is 17.9 Å². The van der Waals surface area contributed by atoms with E-state index in [1.54, 1.807) is 6.20 Å². The van der Waals surface area contributed by atoms with Gasteiger partial charge in [0.05, 0.1) is 17.2 Å². The summed E-state index contributed by atoms with van der Waals surface area (Å²) in [5.41, 5.74) is 2.09. The van der Waals surface area contributed by atoms with E-state index in [0.29, 0.717) is 25.3 Å². The van der Waals surface area contributed by atoms with Gasteiger partial charge in [-0.05, 0) is 39.3 Å². The molecule has 0 aliphatic carbocycles. The third kappa shape index (κ3) is 5.28. The van der Waals surface area contributed by atoms with Crippen LogP contribution in [0.1, 0.15) is 32.9 Å². The molecule has 2 heterocycles. The van der Waals surface area contributed by atoms with Gasteiger partial charge in [0.2, 0.25) is 0 Å². The van der Waals surface area contributed by atoms with E-state index in [-0.39, 0.29) is 11.3 Å². The summed E-state index contributed by atoms with van der Waals surface area (Å²) in [4.78, 5) is 6.53. The highest BCUT2D eigenvalue weighted by Gasteiger charge is 2.19. The molecule has 21 heavy (non-hydrogen) atoms. The highest BCUT2D eigenvalue weighted by Crippen LogP contribution is 2.18. The van der Waals surface area contributed by atoms with Gasteiger partial charge in [-0.1, -0.05) is 0 Å². The first-order valence-electron chi connectivity index (χ1n) is 7.41. The number of anilines is 1. The highest BCUT2D eigenvalue weighted by molar-refractivity contribution is 7.91. The Balaban J connectivity index is 2.06. The Labute approximate surface area is 127 Å². The topological polar surface area (TPSA) is 62.3 Å². The summed E-state index contributed by atoms with van der Waals surface area (Å²) in [6, 6.07) is 4.01. The third-order valence-corrected chi connectivity index (χ3v) is 5.24. The quantitative estimate of drug-likeness (QED) is 0.918. The summed E-state index contributed by atoms with van der Waals surface area (Å²) in [6.45, 7) is 8.43. The molecule has 118 valence electrons. The molecular formula is C15H25N3O2S. The molecule has 2 rings (SSSR count). The van der Waals surface area contributed by atoms with Gasteiger partial charge in [0.1, 0.15) is 0 Å². The van der Waals surface area contributed by atoms with Crippen molar-refractivity contribution in [2.45, 2.75) is 39.3 Å². The van der Waals surface area contributed by atoms with Crippen LogP contribution < -0.4 is 10.2 Å². The fourth-order valence-electron chi connectivity index (χ4n) is 2.31. The lowest BCUT2D eigenvalue weighted by atomic mass is 10.1. The molecule has 0 bridgehead atoms. The van der Waals surface area contributed by atoms with Crippen LogP contribution in [0.3, 0.4) is 0 Å². The molecule has 1 N–H and O–H groups in total. The van der Waals surface area contributed by atoms with Gasteiger partial charge in [-0.15, -0.1) is 0 Å². The van der Waals surface area contributed by atoms with E-state index in [2.05, 4.69) is 42.0 Å². The molecule has 0 amide bonds. The normalized spacial score (nSPS) is 19.3. The van der Waals surface area contributed by atoms with Gasteiger partial charge in [0.25, 0.3) is 0 Å². The van der Waals surface area contributed by atoms with Crippen molar-refractivity contribution < 1.29 is 8.42 Å². The van der Waals surface area contributed by atoms with Crippen LogP contribution in [0.5, 0.6) is 0 Å². The lowest BCUT2D eigenvalue weighted by Crippen LogP contribution is -2.35. The number of hydrogen-bond acceptors (Lipinski definition) is 5. The fraction of sp³-hybridized carbons (Fsp3) is 0.667. The number of sulfone groups is 1. The summed E-state index contributed by atoms with van der Waals surface area (Å²) in [5, 5.41) is 3.42. The van der Waals surface area contributed by atoms with Crippen LogP contribution in [0.25, 0.3) is 0 Å². The Morgan fingerprint density at radius 1 is 1.29 bits per heavy atom. The zero-order valence-electron chi connectivity index (χ0n) is 13.1. The fourth-order valence-corrected chi connectivity index (χ4v) is 3.58. The van der Waals surface area contributed by atoms with E-state index in [9.17, 15) is 8.42 Å². The maximum atomic E-state index is 11.7. The van der Waals surface area contributed by atoms with Crippen molar-refractivity contribution in [3.05, 3.63) is 24.0 Å². The largest absolute Gasteiger partial charge is 0.370 e. The van der Waals surface area contributed by atoms with Crippen LogP contribution in [0, 0.1) is 0 Å². The monoisotopic (exact) mass is 311 g/mol. The van der Waals surface area contributed by atoms with Crippen molar-refractivity contribution in [3.63, 3.8) is 0 Å². The van der Waals surface area contributed by atoms with Crippen molar-refractivity contribution in [1.82, 2.24) is 10.3 Å². The molecule has 1 aromatic heterocycles. The number of hydrogen-bond donors (Lipinski definition) is 1. The van der Waals surface area contributed by atoms with E-state index in [4.69, 9.17) is 0 Å². The molecule has 0 radical (unpaired) electrons. The van der Waals surface area contributed by atoms with E-state index < -0.39 is 9.84 Å². The van der Waals surface area contributed by atoms with Crippen molar-refractivity contribution in [1.29, 1.82) is 0 Å². The van der Waals surface area contributed by atoms with Crippen molar-refractivity contribution in [2.75, 3.05) is 29.5 Å². The molecule has 1 fully saturated rings. The SMILES string of the molecule is CC(C)(C)NCc1cc(N2CCCS(=O)(=O)CC2)ccn1. The maximum absolute atomic E-state index is 11.7. The molecule has 1 aliphatic heterocycles. The molecule has 5 nitrogen and oxygen atoms in total.